The third-order valence-corrected chi connectivity index (χ3v) is 5.98. The van der Waals surface area contributed by atoms with Gasteiger partial charge in [-0.1, -0.05) is 0 Å². The molecule has 4 nitrogen and oxygen atoms in total. The quantitative estimate of drug-likeness (QED) is 0.665. The van der Waals surface area contributed by atoms with Crippen molar-refractivity contribution in [2.45, 2.75) is 19.3 Å². The van der Waals surface area contributed by atoms with Crippen LogP contribution in [-0.4, -0.2) is 24.0 Å². The number of thiophene rings is 1. The Morgan fingerprint density at radius 1 is 1.15 bits per heavy atom. The summed E-state index contributed by atoms with van der Waals surface area (Å²) in [7, 11) is 0. The van der Waals surface area contributed by atoms with Gasteiger partial charge in [0.05, 0.1) is 11.4 Å². The van der Waals surface area contributed by atoms with Gasteiger partial charge in [0.15, 0.2) is 0 Å². The first-order valence-electron chi connectivity index (χ1n) is 8.55. The number of nitrogens with one attached hydrogen (secondary N) is 1. The van der Waals surface area contributed by atoms with Gasteiger partial charge in [-0.05, 0) is 48.9 Å². The Morgan fingerprint density at radius 3 is 2.77 bits per heavy atom. The lowest BCUT2D eigenvalue weighted by atomic mass is 10.1. The summed E-state index contributed by atoms with van der Waals surface area (Å²) in [6.45, 7) is 1.85. The van der Waals surface area contributed by atoms with Crippen LogP contribution in [0, 0.1) is 5.82 Å². The standard InChI is InChI=1S/C19H18FN3OS2/c20-14-4-5-17(23-7-2-1-3-8-23)15(10-14)21-18(24)16-12-26-19(22-16)13-6-9-25-11-13/h4-6,9-12H,1-3,7-8H2,(H,21,24). The van der Waals surface area contributed by atoms with Crippen LogP contribution in [0.5, 0.6) is 0 Å². The highest BCUT2D eigenvalue weighted by molar-refractivity contribution is 7.14. The van der Waals surface area contributed by atoms with E-state index < -0.39 is 0 Å². The number of thiazole rings is 1. The molecule has 1 saturated heterocycles. The van der Waals surface area contributed by atoms with Crippen molar-refractivity contribution >= 4 is 40.0 Å². The van der Waals surface area contributed by atoms with Crippen LogP contribution in [0.15, 0.2) is 40.4 Å². The smallest absolute Gasteiger partial charge is 0.275 e. The van der Waals surface area contributed by atoms with Crippen LogP contribution in [0.4, 0.5) is 15.8 Å². The SMILES string of the molecule is O=C(Nc1cc(F)ccc1N1CCCCC1)c1csc(-c2ccsc2)n1. The molecule has 0 bridgehead atoms. The molecule has 0 radical (unpaired) electrons. The van der Waals surface area contributed by atoms with E-state index in [2.05, 4.69) is 15.2 Å². The summed E-state index contributed by atoms with van der Waals surface area (Å²) >= 11 is 3.02. The van der Waals surface area contributed by atoms with E-state index in [4.69, 9.17) is 0 Å². The highest BCUT2D eigenvalue weighted by Crippen LogP contribution is 2.30. The zero-order chi connectivity index (χ0) is 17.9. The third kappa shape index (κ3) is 3.64. The van der Waals surface area contributed by atoms with E-state index in [0.29, 0.717) is 11.4 Å². The van der Waals surface area contributed by atoms with Crippen molar-refractivity contribution in [3.05, 3.63) is 51.9 Å². The number of hydrogen-bond acceptors (Lipinski definition) is 5. The molecule has 2 aromatic heterocycles. The van der Waals surface area contributed by atoms with Gasteiger partial charge in [0.2, 0.25) is 0 Å². The number of anilines is 2. The van der Waals surface area contributed by atoms with Crippen molar-refractivity contribution in [1.82, 2.24) is 4.98 Å². The average Bonchev–Trinajstić information content (AvgIpc) is 3.34. The molecule has 1 amide bonds. The number of nitrogens with zero attached hydrogens (tertiary/aromatic N) is 2. The Bertz CT molecular complexity index is 901. The van der Waals surface area contributed by atoms with Crippen LogP contribution < -0.4 is 10.2 Å². The van der Waals surface area contributed by atoms with Crippen molar-refractivity contribution in [2.75, 3.05) is 23.3 Å². The number of amides is 1. The Kier molecular flexibility index (Phi) is 4.99. The predicted octanol–water partition coefficient (Wildman–Crippen LogP) is 5.25. The van der Waals surface area contributed by atoms with Crippen molar-refractivity contribution in [3.63, 3.8) is 0 Å². The number of benzene rings is 1. The van der Waals surface area contributed by atoms with Gasteiger partial charge in [0, 0.05) is 29.4 Å². The fourth-order valence-electron chi connectivity index (χ4n) is 3.10. The first kappa shape index (κ1) is 17.2. The summed E-state index contributed by atoms with van der Waals surface area (Å²) in [5.74, 6) is -0.676. The lowest BCUT2D eigenvalue weighted by Crippen LogP contribution is -2.30. The Morgan fingerprint density at radius 2 is 2.00 bits per heavy atom. The van der Waals surface area contributed by atoms with Crippen LogP contribution in [0.2, 0.25) is 0 Å². The number of hydrogen-bond donors (Lipinski definition) is 1. The molecule has 0 unspecified atom stereocenters. The molecule has 0 aliphatic carbocycles. The fraction of sp³-hybridized carbons (Fsp3) is 0.263. The van der Waals surface area contributed by atoms with Gasteiger partial charge in [0.1, 0.15) is 16.5 Å². The van der Waals surface area contributed by atoms with E-state index >= 15 is 0 Å². The summed E-state index contributed by atoms with van der Waals surface area (Å²) in [6, 6.07) is 6.55. The molecular formula is C19H18FN3OS2. The highest BCUT2D eigenvalue weighted by Gasteiger charge is 2.18. The van der Waals surface area contributed by atoms with Gasteiger partial charge in [-0.3, -0.25) is 4.79 Å². The van der Waals surface area contributed by atoms with Gasteiger partial charge in [-0.15, -0.1) is 11.3 Å². The maximum atomic E-state index is 13.8. The van der Waals surface area contributed by atoms with Gasteiger partial charge < -0.3 is 10.2 Å². The van der Waals surface area contributed by atoms with E-state index in [0.717, 1.165) is 42.2 Å². The Balaban J connectivity index is 1.56. The number of carbonyl (C=O) groups is 1. The van der Waals surface area contributed by atoms with Crippen molar-refractivity contribution in [3.8, 4) is 10.6 Å². The average molecular weight is 388 g/mol. The number of halogens is 1. The van der Waals surface area contributed by atoms with Crippen LogP contribution in [0.1, 0.15) is 29.8 Å². The predicted molar refractivity (Wildman–Crippen MR) is 106 cm³/mol. The zero-order valence-corrected chi connectivity index (χ0v) is 15.7. The van der Waals surface area contributed by atoms with Crippen LogP contribution in [0.25, 0.3) is 10.6 Å². The third-order valence-electron chi connectivity index (χ3n) is 4.41. The molecule has 1 aliphatic rings. The van der Waals surface area contributed by atoms with Gasteiger partial charge in [-0.25, -0.2) is 9.37 Å². The Hall–Kier alpha value is -2.25. The summed E-state index contributed by atoms with van der Waals surface area (Å²) in [4.78, 5) is 19.3. The van der Waals surface area contributed by atoms with E-state index in [1.54, 1.807) is 22.8 Å². The van der Waals surface area contributed by atoms with Gasteiger partial charge >= 0.3 is 0 Å². The van der Waals surface area contributed by atoms with Crippen molar-refractivity contribution < 1.29 is 9.18 Å². The summed E-state index contributed by atoms with van der Waals surface area (Å²) in [5, 5.41) is 9.38. The van der Waals surface area contributed by atoms with E-state index in [1.807, 2.05) is 16.8 Å². The summed E-state index contributed by atoms with van der Waals surface area (Å²) < 4.78 is 13.8. The van der Waals surface area contributed by atoms with Gasteiger partial charge in [0.25, 0.3) is 5.91 Å². The Labute approximate surface area is 159 Å². The monoisotopic (exact) mass is 387 g/mol. The lowest BCUT2D eigenvalue weighted by Gasteiger charge is -2.30. The molecule has 1 fully saturated rings. The zero-order valence-electron chi connectivity index (χ0n) is 14.1. The van der Waals surface area contributed by atoms with E-state index in [9.17, 15) is 9.18 Å². The minimum Gasteiger partial charge on any atom is -0.370 e. The minimum atomic E-state index is -0.363. The molecule has 134 valence electrons. The molecule has 7 heteroatoms. The van der Waals surface area contributed by atoms with Crippen molar-refractivity contribution in [2.24, 2.45) is 0 Å². The second kappa shape index (κ2) is 7.55. The van der Waals surface area contributed by atoms with Crippen LogP contribution in [-0.2, 0) is 0 Å². The fourth-order valence-corrected chi connectivity index (χ4v) is 4.61. The highest BCUT2D eigenvalue weighted by atomic mass is 32.1. The number of aromatic nitrogens is 1. The number of rotatable bonds is 4. The molecule has 0 spiro atoms. The van der Waals surface area contributed by atoms with Gasteiger partial charge in [-0.2, -0.15) is 11.3 Å². The molecule has 1 N–H and O–H groups in total. The molecule has 3 aromatic rings. The summed E-state index contributed by atoms with van der Waals surface area (Å²) in [6.07, 6.45) is 3.44. The second-order valence-corrected chi connectivity index (χ2v) is 7.85. The normalized spacial score (nSPS) is 14.4. The first-order valence-corrected chi connectivity index (χ1v) is 10.4. The molecule has 26 heavy (non-hydrogen) atoms. The molecule has 1 aliphatic heterocycles. The molecule has 4 rings (SSSR count). The number of carbonyl (C=O) groups excluding carboxylic acids is 1. The summed E-state index contributed by atoms with van der Waals surface area (Å²) in [5.41, 5.74) is 2.73. The maximum Gasteiger partial charge on any atom is 0.275 e. The van der Waals surface area contributed by atoms with Crippen molar-refractivity contribution in [1.29, 1.82) is 0 Å². The minimum absolute atomic E-state index is 0.313. The topological polar surface area (TPSA) is 45.2 Å². The van der Waals surface area contributed by atoms with E-state index in [1.165, 1.54) is 29.9 Å². The second-order valence-electron chi connectivity index (χ2n) is 6.21. The molecule has 3 heterocycles. The lowest BCUT2D eigenvalue weighted by molar-refractivity contribution is 0.102. The largest absolute Gasteiger partial charge is 0.370 e. The molecule has 0 atom stereocenters. The number of piperidine rings is 1. The molecule has 0 saturated carbocycles. The maximum absolute atomic E-state index is 13.8. The first-order chi connectivity index (χ1) is 12.7. The van der Waals surface area contributed by atoms with Crippen LogP contribution >= 0.6 is 22.7 Å². The molecular weight excluding hydrogens is 369 g/mol. The van der Waals surface area contributed by atoms with E-state index in [-0.39, 0.29) is 11.7 Å². The van der Waals surface area contributed by atoms with Crippen LogP contribution in [0.3, 0.4) is 0 Å². The molecule has 1 aromatic carbocycles.